The van der Waals surface area contributed by atoms with Gasteiger partial charge in [-0.1, -0.05) is 12.1 Å². The molecule has 0 aliphatic heterocycles. The molecule has 0 amide bonds. The molecular weight excluding hydrogens is 483 g/mol. The number of para-hydroxylation sites is 1. The van der Waals surface area contributed by atoms with Gasteiger partial charge in [0, 0.05) is 32.5 Å². The molecule has 2 aromatic rings. The molecule has 0 aliphatic carbocycles. The third-order valence-corrected chi connectivity index (χ3v) is 3.93. The van der Waals surface area contributed by atoms with E-state index in [1.54, 1.807) is 7.05 Å². The molecule has 0 spiro atoms. The number of nitrogens with zero attached hydrogens (tertiary/aromatic N) is 2. The highest BCUT2D eigenvalue weighted by atomic mass is 127. The molecular formula is C17H24BrIN4O. The van der Waals surface area contributed by atoms with Gasteiger partial charge in [0.1, 0.15) is 11.9 Å². The van der Waals surface area contributed by atoms with Crippen molar-refractivity contribution in [2.75, 3.05) is 20.1 Å². The van der Waals surface area contributed by atoms with Gasteiger partial charge in [0.05, 0.1) is 11.0 Å². The van der Waals surface area contributed by atoms with Crippen LogP contribution in [-0.2, 0) is 6.54 Å². The van der Waals surface area contributed by atoms with Crippen molar-refractivity contribution in [1.29, 1.82) is 0 Å². The molecule has 0 radical (unpaired) electrons. The third-order valence-electron chi connectivity index (χ3n) is 3.27. The minimum atomic E-state index is 0. The van der Waals surface area contributed by atoms with E-state index < -0.39 is 0 Å². The first kappa shape index (κ1) is 20.8. The molecule has 132 valence electrons. The van der Waals surface area contributed by atoms with Gasteiger partial charge in [0.15, 0.2) is 5.96 Å². The number of rotatable bonds is 7. The number of halogens is 2. The van der Waals surface area contributed by atoms with Crippen LogP contribution in [0.5, 0.6) is 5.75 Å². The van der Waals surface area contributed by atoms with Crippen molar-refractivity contribution in [2.24, 2.45) is 4.99 Å². The predicted molar refractivity (Wildman–Crippen MR) is 113 cm³/mol. The number of guanidine groups is 1. The Labute approximate surface area is 169 Å². The van der Waals surface area contributed by atoms with Gasteiger partial charge in [0.2, 0.25) is 0 Å². The Hall–Kier alpha value is -1.22. The van der Waals surface area contributed by atoms with Crippen LogP contribution in [0.25, 0.3) is 0 Å². The van der Waals surface area contributed by atoms with E-state index >= 15 is 0 Å². The highest BCUT2D eigenvalue weighted by Crippen LogP contribution is 2.24. The lowest BCUT2D eigenvalue weighted by atomic mass is 10.3. The van der Waals surface area contributed by atoms with Gasteiger partial charge in [0.25, 0.3) is 0 Å². The molecule has 0 bridgehead atoms. The summed E-state index contributed by atoms with van der Waals surface area (Å²) >= 11 is 3.49. The van der Waals surface area contributed by atoms with Gasteiger partial charge in [-0.25, -0.2) is 0 Å². The van der Waals surface area contributed by atoms with Crippen molar-refractivity contribution < 1.29 is 4.74 Å². The van der Waals surface area contributed by atoms with Crippen LogP contribution in [0.4, 0.5) is 0 Å². The summed E-state index contributed by atoms with van der Waals surface area (Å²) in [5.74, 6) is 1.62. The molecule has 2 N–H and O–H groups in total. The van der Waals surface area contributed by atoms with Crippen molar-refractivity contribution in [3.8, 4) is 5.75 Å². The Kier molecular flexibility index (Phi) is 9.85. The zero-order chi connectivity index (χ0) is 16.5. The summed E-state index contributed by atoms with van der Waals surface area (Å²) in [6, 6.07) is 11.9. The zero-order valence-electron chi connectivity index (χ0n) is 13.9. The first-order valence-electron chi connectivity index (χ1n) is 7.65. The van der Waals surface area contributed by atoms with E-state index in [0.29, 0.717) is 6.54 Å². The lowest BCUT2D eigenvalue weighted by Crippen LogP contribution is -2.42. The number of ether oxygens (including phenoxy) is 1. The van der Waals surface area contributed by atoms with Crippen LogP contribution >= 0.6 is 39.9 Å². The van der Waals surface area contributed by atoms with Crippen LogP contribution in [0, 0.1) is 0 Å². The molecule has 0 aliphatic rings. The number of benzene rings is 1. The summed E-state index contributed by atoms with van der Waals surface area (Å²) < 4.78 is 8.99. The predicted octanol–water partition coefficient (Wildman–Crippen LogP) is 3.50. The van der Waals surface area contributed by atoms with Crippen LogP contribution in [0.3, 0.4) is 0 Å². The van der Waals surface area contributed by atoms with Gasteiger partial charge in [-0.3, -0.25) is 4.99 Å². The van der Waals surface area contributed by atoms with E-state index in [9.17, 15) is 0 Å². The topological polar surface area (TPSA) is 50.6 Å². The van der Waals surface area contributed by atoms with Crippen LogP contribution in [-0.4, -0.2) is 36.8 Å². The Balaban J connectivity index is 0.00000288. The summed E-state index contributed by atoms with van der Waals surface area (Å²) in [6.07, 6.45) is 4.12. The van der Waals surface area contributed by atoms with E-state index in [1.165, 1.54) is 0 Å². The summed E-state index contributed by atoms with van der Waals surface area (Å²) in [4.78, 5) is 4.22. The lowest BCUT2D eigenvalue weighted by molar-refractivity contribution is 0.222. The summed E-state index contributed by atoms with van der Waals surface area (Å²) in [5, 5.41) is 6.57. The number of aliphatic imine (C=N–C) groups is 1. The largest absolute Gasteiger partial charge is 0.488 e. The second kappa shape index (κ2) is 11.4. The average Bonchev–Trinajstić information content (AvgIpc) is 3.06. The first-order valence-corrected chi connectivity index (χ1v) is 8.45. The Morgan fingerprint density at radius 1 is 1.21 bits per heavy atom. The first-order chi connectivity index (χ1) is 11.2. The quantitative estimate of drug-likeness (QED) is 0.343. The van der Waals surface area contributed by atoms with Gasteiger partial charge < -0.3 is 19.9 Å². The summed E-state index contributed by atoms with van der Waals surface area (Å²) in [6.45, 7) is 4.41. The van der Waals surface area contributed by atoms with E-state index in [-0.39, 0.29) is 30.1 Å². The second-order valence-electron chi connectivity index (χ2n) is 5.16. The van der Waals surface area contributed by atoms with Gasteiger partial charge in [-0.05, 0) is 47.1 Å². The van der Waals surface area contributed by atoms with Gasteiger partial charge in [-0.2, -0.15) is 0 Å². The molecule has 1 aromatic carbocycles. The molecule has 1 aromatic heterocycles. The molecule has 7 heteroatoms. The highest BCUT2D eigenvalue weighted by Gasteiger charge is 2.07. The summed E-state index contributed by atoms with van der Waals surface area (Å²) in [5.41, 5.74) is 0. The Bertz CT molecular complexity index is 619. The smallest absolute Gasteiger partial charge is 0.191 e. The number of hydrogen-bond acceptors (Lipinski definition) is 2. The van der Waals surface area contributed by atoms with E-state index in [1.807, 2.05) is 55.7 Å². The fraction of sp³-hybridized carbons (Fsp3) is 0.353. The average molecular weight is 507 g/mol. The minimum absolute atomic E-state index is 0. The molecule has 0 saturated heterocycles. The second-order valence-corrected chi connectivity index (χ2v) is 6.01. The maximum atomic E-state index is 5.91. The van der Waals surface area contributed by atoms with Gasteiger partial charge >= 0.3 is 0 Å². The molecule has 0 fully saturated rings. The van der Waals surface area contributed by atoms with Crippen molar-refractivity contribution in [1.82, 2.24) is 15.2 Å². The standard InChI is InChI=1S/C17H23BrN4O.HI/c1-14(23-16-8-4-3-7-15(16)18)13-21-17(19-2)20-9-12-22-10-5-6-11-22;/h3-8,10-11,14H,9,12-13H2,1-2H3,(H2,19,20,21);1H. The van der Waals surface area contributed by atoms with Crippen molar-refractivity contribution in [3.63, 3.8) is 0 Å². The van der Waals surface area contributed by atoms with Crippen LogP contribution < -0.4 is 15.4 Å². The Morgan fingerprint density at radius 3 is 2.58 bits per heavy atom. The fourth-order valence-electron chi connectivity index (χ4n) is 2.08. The van der Waals surface area contributed by atoms with Crippen molar-refractivity contribution in [2.45, 2.75) is 19.6 Å². The van der Waals surface area contributed by atoms with Crippen LogP contribution in [0.1, 0.15) is 6.92 Å². The van der Waals surface area contributed by atoms with Crippen LogP contribution in [0.2, 0.25) is 0 Å². The molecule has 1 unspecified atom stereocenters. The van der Waals surface area contributed by atoms with Crippen molar-refractivity contribution >= 4 is 45.9 Å². The maximum absolute atomic E-state index is 5.91. The summed E-state index contributed by atoms with van der Waals surface area (Å²) in [7, 11) is 1.77. The van der Waals surface area contributed by atoms with Crippen molar-refractivity contribution in [3.05, 3.63) is 53.3 Å². The molecule has 2 rings (SSSR count). The number of hydrogen-bond donors (Lipinski definition) is 2. The number of aromatic nitrogens is 1. The zero-order valence-corrected chi connectivity index (χ0v) is 17.8. The molecule has 24 heavy (non-hydrogen) atoms. The van der Waals surface area contributed by atoms with Crippen LogP contribution in [0.15, 0.2) is 58.3 Å². The minimum Gasteiger partial charge on any atom is -0.488 e. The monoisotopic (exact) mass is 506 g/mol. The number of nitrogens with one attached hydrogen (secondary N) is 2. The van der Waals surface area contributed by atoms with E-state index in [0.717, 1.165) is 29.3 Å². The molecule has 5 nitrogen and oxygen atoms in total. The Morgan fingerprint density at radius 2 is 1.92 bits per heavy atom. The fourth-order valence-corrected chi connectivity index (χ4v) is 2.46. The molecule has 1 atom stereocenters. The van der Waals surface area contributed by atoms with E-state index in [2.05, 4.69) is 36.1 Å². The molecule has 1 heterocycles. The van der Waals surface area contributed by atoms with Gasteiger partial charge in [-0.15, -0.1) is 24.0 Å². The normalized spacial score (nSPS) is 12.2. The lowest BCUT2D eigenvalue weighted by Gasteiger charge is -2.18. The molecule has 0 saturated carbocycles. The SMILES string of the molecule is CN=C(NCCn1cccc1)NCC(C)Oc1ccccc1Br.I. The highest BCUT2D eigenvalue weighted by molar-refractivity contribution is 14.0. The van der Waals surface area contributed by atoms with E-state index in [4.69, 9.17) is 4.74 Å². The maximum Gasteiger partial charge on any atom is 0.191 e. The third kappa shape index (κ3) is 7.12.